The van der Waals surface area contributed by atoms with Crippen LogP contribution in [0, 0.1) is 6.92 Å². The number of H-pyrrole nitrogens is 1. The molecule has 3 atom stereocenters. The smallest absolute Gasteiger partial charge is 0.407 e. The van der Waals surface area contributed by atoms with Crippen LogP contribution in [0.3, 0.4) is 0 Å². The van der Waals surface area contributed by atoms with Crippen molar-refractivity contribution >= 4 is 34.5 Å². The van der Waals surface area contributed by atoms with Gasteiger partial charge in [-0.25, -0.2) is 14.2 Å². The highest BCUT2D eigenvalue weighted by Crippen LogP contribution is 2.34. The lowest BCUT2D eigenvalue weighted by molar-refractivity contribution is -0.132. The van der Waals surface area contributed by atoms with E-state index in [4.69, 9.17) is 9.47 Å². The van der Waals surface area contributed by atoms with E-state index in [1.807, 2.05) is 29.2 Å². The largest absolute Gasteiger partial charge is 0.444 e. The molecule has 1 aliphatic rings. The van der Waals surface area contributed by atoms with Gasteiger partial charge in [-0.15, -0.1) is 0 Å². The van der Waals surface area contributed by atoms with Crippen molar-refractivity contribution in [2.75, 3.05) is 25.5 Å². The minimum absolute atomic E-state index is 0.0428. The molecule has 2 aromatic heterocycles. The van der Waals surface area contributed by atoms with Crippen molar-refractivity contribution in [2.24, 2.45) is 7.05 Å². The number of alkyl halides is 1. The first-order valence-corrected chi connectivity index (χ1v) is 17.2. The van der Waals surface area contributed by atoms with Crippen molar-refractivity contribution < 1.29 is 28.2 Å². The van der Waals surface area contributed by atoms with Gasteiger partial charge in [0, 0.05) is 74.3 Å². The van der Waals surface area contributed by atoms with Crippen molar-refractivity contribution in [1.29, 1.82) is 0 Å². The van der Waals surface area contributed by atoms with Crippen molar-refractivity contribution in [2.45, 2.75) is 90.1 Å². The van der Waals surface area contributed by atoms with Crippen LogP contribution in [-0.4, -0.2) is 75.5 Å². The number of methoxy groups -OCH3 is 1. The molecular weight excluding hydrogens is 639 g/mol. The number of alkyl carbamates (subject to hydrolysis) is 1. The number of para-hydroxylation sites is 1. The zero-order valence-electron chi connectivity index (χ0n) is 29.8. The summed E-state index contributed by atoms with van der Waals surface area (Å²) >= 11 is 0. The maximum absolute atomic E-state index is 13.9. The molecule has 268 valence electrons. The molecule has 3 heterocycles. The number of imidazole rings is 1. The third kappa shape index (κ3) is 9.29. The van der Waals surface area contributed by atoms with Gasteiger partial charge < -0.3 is 34.6 Å². The minimum Gasteiger partial charge on any atom is -0.444 e. The maximum Gasteiger partial charge on any atom is 0.407 e. The summed E-state index contributed by atoms with van der Waals surface area (Å²) in [5.74, 6) is -0.196. The summed E-state index contributed by atoms with van der Waals surface area (Å²) in [6, 6.07) is 12.9. The van der Waals surface area contributed by atoms with Gasteiger partial charge in [-0.05, 0) is 82.2 Å². The van der Waals surface area contributed by atoms with Gasteiger partial charge in [-0.1, -0.05) is 30.3 Å². The second kappa shape index (κ2) is 15.9. The van der Waals surface area contributed by atoms with Crippen molar-refractivity contribution in [3.05, 3.63) is 83.1 Å². The van der Waals surface area contributed by atoms with Crippen molar-refractivity contribution in [3.63, 3.8) is 0 Å². The van der Waals surface area contributed by atoms with E-state index in [0.29, 0.717) is 37.3 Å². The van der Waals surface area contributed by atoms with E-state index in [1.54, 1.807) is 50.8 Å². The number of aryl methyl sites for hydroxylation is 3. The highest BCUT2D eigenvalue weighted by Gasteiger charge is 2.30. The van der Waals surface area contributed by atoms with Crippen LogP contribution < -0.4 is 10.6 Å². The van der Waals surface area contributed by atoms with Gasteiger partial charge in [0.05, 0.1) is 12.5 Å². The molecule has 0 spiro atoms. The molecule has 3 amide bonds. The Balaban J connectivity index is 1.27. The van der Waals surface area contributed by atoms with Gasteiger partial charge in [-0.3, -0.25) is 9.59 Å². The predicted molar refractivity (Wildman–Crippen MR) is 191 cm³/mol. The number of amides is 3. The van der Waals surface area contributed by atoms with E-state index in [9.17, 15) is 18.8 Å². The predicted octanol–water partition coefficient (Wildman–Crippen LogP) is 6.57. The molecular formula is C38H49FN6O5. The number of nitrogens with one attached hydrogen (secondary N) is 3. The highest BCUT2D eigenvalue weighted by atomic mass is 19.1. The monoisotopic (exact) mass is 688 g/mol. The Labute approximate surface area is 292 Å². The molecule has 1 aliphatic heterocycles. The topological polar surface area (TPSA) is 131 Å². The van der Waals surface area contributed by atoms with Crippen molar-refractivity contribution in [1.82, 2.24) is 24.8 Å². The van der Waals surface area contributed by atoms with Gasteiger partial charge in [0.1, 0.15) is 11.3 Å². The number of likely N-dealkylation sites (tertiary alicyclic amines) is 1. The molecule has 11 nitrogen and oxygen atoms in total. The summed E-state index contributed by atoms with van der Waals surface area (Å²) in [5.41, 5.74) is 5.56. The Morgan fingerprint density at radius 1 is 1.14 bits per heavy atom. The Hall–Kier alpha value is -4.71. The van der Waals surface area contributed by atoms with Crippen LogP contribution in [0.1, 0.15) is 85.2 Å². The summed E-state index contributed by atoms with van der Waals surface area (Å²) in [7, 11) is 3.13. The lowest BCUT2D eigenvalue weighted by atomic mass is 9.91. The van der Waals surface area contributed by atoms with Crippen molar-refractivity contribution in [3.8, 4) is 0 Å². The van der Waals surface area contributed by atoms with E-state index < -0.39 is 24.1 Å². The average molecular weight is 689 g/mol. The zero-order chi connectivity index (χ0) is 36.0. The first-order valence-electron chi connectivity index (χ1n) is 17.2. The molecule has 12 heteroatoms. The van der Waals surface area contributed by atoms with E-state index >= 15 is 0 Å². The van der Waals surface area contributed by atoms with E-state index in [1.165, 1.54) is 13.3 Å². The van der Waals surface area contributed by atoms with Gasteiger partial charge in [-0.2, -0.15) is 0 Å². The number of aromatic nitrogens is 3. The number of hydrogen-bond donors (Lipinski definition) is 3. The number of carbonyl (C=O) groups excluding carboxylic acids is 3. The first kappa shape index (κ1) is 36.6. The molecule has 0 aliphatic carbocycles. The van der Waals surface area contributed by atoms with Crippen LogP contribution >= 0.6 is 0 Å². The Morgan fingerprint density at radius 3 is 2.58 bits per heavy atom. The number of ether oxygens (including phenoxy) is 2. The summed E-state index contributed by atoms with van der Waals surface area (Å²) in [5, 5.41) is 6.91. The number of piperidine rings is 1. The lowest BCUT2D eigenvalue weighted by Gasteiger charge is -2.34. The van der Waals surface area contributed by atoms with E-state index in [-0.39, 0.29) is 30.6 Å². The normalized spacial score (nSPS) is 16.2. The minimum atomic E-state index is -1.31. The summed E-state index contributed by atoms with van der Waals surface area (Å²) in [6.07, 6.45) is 4.29. The second-order valence-corrected chi connectivity index (χ2v) is 14.2. The molecule has 3 unspecified atom stereocenters. The highest BCUT2D eigenvalue weighted by molar-refractivity contribution is 6.02. The van der Waals surface area contributed by atoms with Crippen LogP contribution in [0.25, 0.3) is 10.9 Å². The van der Waals surface area contributed by atoms with Gasteiger partial charge in [0.2, 0.25) is 5.91 Å². The number of halogens is 1. The number of rotatable bonds is 12. The Bertz CT molecular complexity index is 1790. The maximum atomic E-state index is 13.9. The number of fused-ring (bicyclic) bond motifs is 1. The van der Waals surface area contributed by atoms with Crippen LogP contribution in [-0.2, 0) is 34.2 Å². The molecule has 1 saturated heterocycles. The average Bonchev–Trinajstić information content (AvgIpc) is 3.66. The molecule has 4 aromatic rings. The number of anilines is 1. The molecule has 1 fully saturated rings. The molecule has 3 N–H and O–H groups in total. The number of carbonyl (C=O) groups is 3. The third-order valence-corrected chi connectivity index (χ3v) is 9.18. The van der Waals surface area contributed by atoms with Gasteiger partial charge in [0.25, 0.3) is 5.91 Å². The summed E-state index contributed by atoms with van der Waals surface area (Å²) in [6.45, 7) is 8.69. The van der Waals surface area contributed by atoms with E-state index in [0.717, 1.165) is 46.1 Å². The molecule has 0 bridgehead atoms. The molecule has 0 radical (unpaired) electrons. The molecule has 2 aromatic carbocycles. The van der Waals surface area contributed by atoms with E-state index in [2.05, 4.69) is 33.6 Å². The third-order valence-electron chi connectivity index (χ3n) is 9.18. The fourth-order valence-electron chi connectivity index (χ4n) is 6.64. The van der Waals surface area contributed by atoms with Gasteiger partial charge >= 0.3 is 6.09 Å². The Morgan fingerprint density at radius 2 is 1.90 bits per heavy atom. The lowest BCUT2D eigenvalue weighted by Crippen LogP contribution is -2.45. The molecule has 0 saturated carbocycles. The van der Waals surface area contributed by atoms with Crippen LogP contribution in [0.2, 0.25) is 0 Å². The van der Waals surface area contributed by atoms with Crippen LogP contribution in [0.15, 0.2) is 55.0 Å². The number of aromatic amines is 1. The Kier molecular flexibility index (Phi) is 11.6. The molecule has 5 rings (SSSR count). The summed E-state index contributed by atoms with van der Waals surface area (Å²) < 4.78 is 25.9. The SMILES string of the molecule is COC(F)CCc1cccc2c(C)c(C3CCCN(C(=O)CC(Cc4ccc(NC(=O)c5cncn5C)cc4)NC(=O)OC(C)(C)C)C3)[nH]c12. The van der Waals surface area contributed by atoms with Crippen LogP contribution in [0.5, 0.6) is 0 Å². The van der Waals surface area contributed by atoms with Gasteiger partial charge in [0.15, 0.2) is 6.36 Å². The molecule has 50 heavy (non-hydrogen) atoms. The second-order valence-electron chi connectivity index (χ2n) is 14.2. The number of hydrogen-bond acceptors (Lipinski definition) is 6. The quantitative estimate of drug-likeness (QED) is 0.154. The fourth-order valence-corrected chi connectivity index (χ4v) is 6.64. The summed E-state index contributed by atoms with van der Waals surface area (Å²) in [4.78, 5) is 48.9. The zero-order valence-corrected chi connectivity index (χ0v) is 29.8. The number of nitrogens with zero attached hydrogens (tertiary/aromatic N) is 3. The van der Waals surface area contributed by atoms with Crippen LogP contribution in [0.4, 0.5) is 14.9 Å². The number of benzene rings is 2. The fraction of sp³-hybridized carbons (Fsp3) is 0.474. The first-order chi connectivity index (χ1) is 23.8. The standard InChI is InChI=1S/C38H49FN6O5/c1-24-30-11-7-9-26(14-17-32(39)49-6)35(30)43-34(24)27-10-8-18-45(22-27)33(46)20-29(42-37(48)50-38(2,3)4)19-25-12-15-28(16-13-25)41-36(47)31-21-40-23-44(31)5/h7,9,11-13,15-16,21,23,27,29,32,43H,8,10,14,17-20,22H2,1-6H3,(H,41,47)(H,42,48).